The Kier molecular flexibility index (Phi) is 7.51. The third-order valence-electron chi connectivity index (χ3n) is 7.47. The molecule has 10 heteroatoms. The molecule has 2 unspecified atom stereocenters. The molecule has 40 heavy (non-hydrogen) atoms. The fraction of sp³-hybridized carbons (Fsp3) is 0.333. The minimum atomic E-state index is -1.08. The average Bonchev–Trinajstić information content (AvgIpc) is 3.63. The van der Waals surface area contributed by atoms with E-state index in [0.717, 1.165) is 48.7 Å². The second-order valence-electron chi connectivity index (χ2n) is 10.2. The van der Waals surface area contributed by atoms with Crippen molar-refractivity contribution in [3.8, 4) is 5.75 Å². The molecule has 0 bridgehead atoms. The summed E-state index contributed by atoms with van der Waals surface area (Å²) < 4.78 is 20.7. The highest BCUT2D eigenvalue weighted by molar-refractivity contribution is 6.31. The number of anilines is 3. The van der Waals surface area contributed by atoms with Crippen LogP contribution in [0.5, 0.6) is 5.75 Å². The van der Waals surface area contributed by atoms with Gasteiger partial charge in [0, 0.05) is 53.8 Å². The zero-order chi connectivity index (χ0) is 27.5. The summed E-state index contributed by atoms with van der Waals surface area (Å²) in [6, 6.07) is 22.1. The van der Waals surface area contributed by atoms with Gasteiger partial charge in [-0.25, -0.2) is 9.67 Å². The monoisotopic (exact) mass is 560 g/mol. The van der Waals surface area contributed by atoms with Gasteiger partial charge < -0.3 is 29.7 Å². The molecule has 0 aliphatic carbocycles. The number of nitrogen functional groups attached to an aromatic ring is 1. The summed E-state index contributed by atoms with van der Waals surface area (Å²) in [5, 5.41) is 4.85. The van der Waals surface area contributed by atoms with E-state index in [4.69, 9.17) is 31.5 Å². The van der Waals surface area contributed by atoms with E-state index in [0.29, 0.717) is 24.8 Å². The van der Waals surface area contributed by atoms with Crippen LogP contribution in [0.1, 0.15) is 11.1 Å². The molecule has 0 spiro atoms. The number of ether oxygens (including phenoxy) is 3. The van der Waals surface area contributed by atoms with Crippen molar-refractivity contribution in [3.63, 3.8) is 0 Å². The predicted octanol–water partition coefficient (Wildman–Crippen LogP) is 4.50. The van der Waals surface area contributed by atoms with Crippen LogP contribution in [0, 0.1) is 6.92 Å². The number of nitrogens with zero attached hydrogens (tertiary/aromatic N) is 5. The number of hydrogen-bond donors (Lipinski definition) is 1. The van der Waals surface area contributed by atoms with Gasteiger partial charge in [0.2, 0.25) is 5.79 Å². The van der Waals surface area contributed by atoms with Gasteiger partial charge in [-0.3, -0.25) is 0 Å². The zero-order valence-electron chi connectivity index (χ0n) is 22.4. The van der Waals surface area contributed by atoms with E-state index in [1.807, 2.05) is 49.4 Å². The van der Waals surface area contributed by atoms with E-state index in [-0.39, 0.29) is 6.10 Å². The molecule has 2 aliphatic rings. The van der Waals surface area contributed by atoms with Crippen molar-refractivity contribution in [3.05, 3.63) is 95.5 Å². The van der Waals surface area contributed by atoms with Crippen LogP contribution in [-0.4, -0.2) is 60.3 Å². The Bertz CT molecular complexity index is 1390. The number of halogens is 1. The summed E-state index contributed by atoms with van der Waals surface area (Å²) in [4.78, 5) is 8.85. The Labute approximate surface area is 239 Å². The summed E-state index contributed by atoms with van der Waals surface area (Å²) in [5.74, 6) is -0.293. The Balaban J connectivity index is 1.06. The maximum atomic E-state index is 6.64. The van der Waals surface area contributed by atoms with Gasteiger partial charge in [-0.05, 0) is 67.1 Å². The number of hydrogen-bond acceptors (Lipinski definition) is 8. The molecule has 6 rings (SSSR count). The fourth-order valence-corrected chi connectivity index (χ4v) is 5.80. The quantitative estimate of drug-likeness (QED) is 0.315. The molecular weight excluding hydrogens is 528 g/mol. The van der Waals surface area contributed by atoms with E-state index in [9.17, 15) is 0 Å². The molecule has 1 aromatic heterocycles. The van der Waals surface area contributed by atoms with Crippen molar-refractivity contribution >= 4 is 28.7 Å². The maximum Gasteiger partial charge on any atom is 0.217 e. The van der Waals surface area contributed by atoms with Crippen LogP contribution >= 0.6 is 11.6 Å². The zero-order valence-corrected chi connectivity index (χ0v) is 23.2. The standard InChI is InChI=1S/C30H33ClN6O3/c1-22-3-2-4-28(31)29(22)30(19-37-21-33-20-34-37)39-18-27(40-30)17-38-26-11-9-25(10-12-26)36-15-13-35(14-16-36)24-7-5-23(32)6-8-24/h2-12,20-21,27H,13-19,32H2,1H3. The first-order valence-electron chi connectivity index (χ1n) is 13.5. The number of rotatable bonds is 8. The van der Waals surface area contributed by atoms with Gasteiger partial charge >= 0.3 is 0 Å². The lowest BCUT2D eigenvalue weighted by atomic mass is 10.00. The topological polar surface area (TPSA) is 90.9 Å². The second kappa shape index (κ2) is 11.4. The highest BCUT2D eigenvalue weighted by atomic mass is 35.5. The highest BCUT2D eigenvalue weighted by Crippen LogP contribution is 2.41. The summed E-state index contributed by atoms with van der Waals surface area (Å²) in [7, 11) is 0. The molecule has 0 saturated carbocycles. The second-order valence-corrected chi connectivity index (χ2v) is 10.6. The molecule has 4 aromatic rings. The Morgan fingerprint density at radius 3 is 2.27 bits per heavy atom. The molecule has 2 N–H and O–H groups in total. The average molecular weight is 561 g/mol. The van der Waals surface area contributed by atoms with Crippen molar-refractivity contribution in [2.45, 2.75) is 25.4 Å². The minimum absolute atomic E-state index is 0.278. The van der Waals surface area contributed by atoms with Gasteiger partial charge in [-0.2, -0.15) is 5.10 Å². The van der Waals surface area contributed by atoms with Gasteiger partial charge in [0.25, 0.3) is 0 Å². The van der Waals surface area contributed by atoms with Crippen molar-refractivity contribution in [1.29, 1.82) is 0 Å². The van der Waals surface area contributed by atoms with Crippen LogP contribution < -0.4 is 20.3 Å². The summed E-state index contributed by atoms with van der Waals surface area (Å²) >= 11 is 6.64. The van der Waals surface area contributed by atoms with Gasteiger partial charge in [0.1, 0.15) is 37.7 Å². The molecule has 2 saturated heterocycles. The van der Waals surface area contributed by atoms with Crippen molar-refractivity contribution in [2.75, 3.05) is 54.9 Å². The summed E-state index contributed by atoms with van der Waals surface area (Å²) in [5.41, 5.74) is 10.8. The number of benzene rings is 3. The molecule has 2 atom stereocenters. The van der Waals surface area contributed by atoms with Crippen LogP contribution in [0.4, 0.5) is 17.1 Å². The van der Waals surface area contributed by atoms with Gasteiger partial charge in [0.15, 0.2) is 0 Å². The van der Waals surface area contributed by atoms with Crippen LogP contribution in [0.25, 0.3) is 0 Å². The van der Waals surface area contributed by atoms with Crippen LogP contribution in [0.3, 0.4) is 0 Å². The maximum absolute atomic E-state index is 6.64. The Morgan fingerprint density at radius 2 is 1.65 bits per heavy atom. The van der Waals surface area contributed by atoms with E-state index in [1.165, 1.54) is 17.7 Å². The van der Waals surface area contributed by atoms with Gasteiger partial charge in [0.05, 0.1) is 6.61 Å². The highest BCUT2D eigenvalue weighted by Gasteiger charge is 2.46. The minimum Gasteiger partial charge on any atom is -0.491 e. The third kappa shape index (κ3) is 5.58. The first kappa shape index (κ1) is 26.4. The van der Waals surface area contributed by atoms with Crippen LogP contribution in [0.15, 0.2) is 79.4 Å². The molecule has 9 nitrogen and oxygen atoms in total. The van der Waals surface area contributed by atoms with Crippen molar-refractivity contribution < 1.29 is 14.2 Å². The summed E-state index contributed by atoms with van der Waals surface area (Å²) in [6.45, 7) is 6.87. The van der Waals surface area contributed by atoms with E-state index >= 15 is 0 Å². The van der Waals surface area contributed by atoms with Crippen molar-refractivity contribution in [2.24, 2.45) is 0 Å². The number of aryl methyl sites for hydroxylation is 1. The molecule has 208 valence electrons. The smallest absolute Gasteiger partial charge is 0.217 e. The lowest BCUT2D eigenvalue weighted by Gasteiger charge is -2.37. The van der Waals surface area contributed by atoms with E-state index < -0.39 is 5.79 Å². The van der Waals surface area contributed by atoms with Gasteiger partial charge in [-0.1, -0.05) is 23.7 Å². The first-order chi connectivity index (χ1) is 19.5. The van der Waals surface area contributed by atoms with Crippen LogP contribution in [0.2, 0.25) is 5.02 Å². The van der Waals surface area contributed by atoms with E-state index in [2.05, 4.69) is 44.1 Å². The van der Waals surface area contributed by atoms with Crippen molar-refractivity contribution in [1.82, 2.24) is 14.8 Å². The SMILES string of the molecule is Cc1cccc(Cl)c1C1(Cn2cncn2)OCC(COc2ccc(N3CCN(c4ccc(N)cc4)CC3)cc2)O1. The summed E-state index contributed by atoms with van der Waals surface area (Å²) in [6.07, 6.45) is 2.86. The van der Waals surface area contributed by atoms with Gasteiger partial charge in [-0.15, -0.1) is 0 Å². The third-order valence-corrected chi connectivity index (χ3v) is 7.79. The Morgan fingerprint density at radius 1 is 0.975 bits per heavy atom. The fourth-order valence-electron chi connectivity index (χ4n) is 5.43. The lowest BCUT2D eigenvalue weighted by molar-refractivity contribution is -0.191. The molecular formula is C30H33ClN6O3. The number of piperazine rings is 1. The molecule has 2 fully saturated rings. The van der Waals surface area contributed by atoms with E-state index in [1.54, 1.807) is 11.0 Å². The molecule has 0 amide bonds. The first-order valence-corrected chi connectivity index (χ1v) is 13.8. The molecule has 3 aromatic carbocycles. The van der Waals surface area contributed by atoms with Crippen LogP contribution in [-0.2, 0) is 21.8 Å². The predicted molar refractivity (Wildman–Crippen MR) is 156 cm³/mol. The number of nitrogens with two attached hydrogens (primary N) is 1. The normalized spacial score (nSPS) is 21.1. The Hall–Kier alpha value is -3.79. The number of aromatic nitrogens is 3. The lowest BCUT2D eigenvalue weighted by Crippen LogP contribution is -2.46. The molecule has 0 radical (unpaired) electrons. The molecule has 2 aliphatic heterocycles. The molecule has 3 heterocycles. The largest absolute Gasteiger partial charge is 0.491 e.